The fraction of sp³-hybridized carbons (Fsp3) is 0.909. The monoisotopic (exact) mass is 182 g/mol. The maximum atomic E-state index is 11.4. The highest BCUT2D eigenvalue weighted by Gasteiger charge is 2.51. The number of carbonyl (C=O) groups excluding carboxylic acids is 1. The van der Waals surface area contributed by atoms with Gasteiger partial charge in [-0.05, 0) is 31.1 Å². The van der Waals surface area contributed by atoms with Crippen LogP contribution in [0.1, 0.15) is 33.1 Å². The fourth-order valence-electron chi connectivity index (χ4n) is 3.12. The molecule has 0 aromatic carbocycles. The van der Waals surface area contributed by atoms with E-state index in [9.17, 15) is 4.79 Å². The smallest absolute Gasteiger partial charge is 0.161 e. The Kier molecular flexibility index (Phi) is 2.41. The molecule has 0 radical (unpaired) electrons. The van der Waals surface area contributed by atoms with E-state index in [1.54, 1.807) is 0 Å². The van der Waals surface area contributed by atoms with E-state index in [1.807, 2.05) is 13.8 Å². The van der Waals surface area contributed by atoms with Crippen LogP contribution >= 0.6 is 0 Å². The van der Waals surface area contributed by atoms with Crippen molar-refractivity contribution < 1.29 is 9.53 Å². The van der Waals surface area contributed by atoms with Crippen molar-refractivity contribution in [2.45, 2.75) is 39.2 Å². The molecule has 4 bridgehead atoms. The van der Waals surface area contributed by atoms with Gasteiger partial charge in [0, 0.05) is 5.92 Å². The highest BCUT2D eigenvalue weighted by atomic mass is 16.5. The minimum absolute atomic E-state index is 0.373. The number of rotatable bonds is 0. The van der Waals surface area contributed by atoms with Gasteiger partial charge in [0.2, 0.25) is 0 Å². The minimum Gasteiger partial charge on any atom is -0.370 e. The second-order valence-electron chi connectivity index (χ2n) is 4.15. The minimum atomic E-state index is 0.373. The molecule has 2 saturated carbocycles. The molecule has 2 nitrogen and oxygen atoms in total. The first-order valence-electron chi connectivity index (χ1n) is 5.49. The molecule has 2 aliphatic heterocycles. The molecule has 2 saturated heterocycles. The van der Waals surface area contributed by atoms with Gasteiger partial charge in [-0.3, -0.25) is 4.79 Å². The third-order valence-electron chi connectivity index (χ3n) is 3.65. The predicted molar refractivity (Wildman–Crippen MR) is 50.4 cm³/mol. The summed E-state index contributed by atoms with van der Waals surface area (Å²) in [5.41, 5.74) is 0. The van der Waals surface area contributed by atoms with Crippen LogP contribution in [0.25, 0.3) is 0 Å². The summed E-state index contributed by atoms with van der Waals surface area (Å²) in [6.07, 6.45) is 4.01. The van der Waals surface area contributed by atoms with Crippen LogP contribution in [0, 0.1) is 17.8 Å². The summed E-state index contributed by atoms with van der Waals surface area (Å²) in [6.45, 7) is 4.41. The van der Waals surface area contributed by atoms with Crippen molar-refractivity contribution >= 4 is 5.78 Å². The zero-order chi connectivity index (χ0) is 9.42. The Balaban J connectivity index is 0.000000308. The summed E-state index contributed by atoms with van der Waals surface area (Å²) in [7, 11) is 0. The summed E-state index contributed by atoms with van der Waals surface area (Å²) in [4.78, 5) is 11.4. The largest absolute Gasteiger partial charge is 0.370 e. The van der Waals surface area contributed by atoms with Crippen LogP contribution in [0.4, 0.5) is 0 Å². The van der Waals surface area contributed by atoms with Crippen LogP contribution in [0.2, 0.25) is 0 Å². The summed E-state index contributed by atoms with van der Waals surface area (Å²) in [5.74, 6) is 2.19. The first-order chi connectivity index (χ1) is 6.34. The van der Waals surface area contributed by atoms with Gasteiger partial charge in [-0.15, -0.1) is 0 Å². The molecule has 0 N–H and O–H groups in total. The Morgan fingerprint density at radius 1 is 1.15 bits per heavy atom. The van der Waals surface area contributed by atoms with Gasteiger partial charge in [0.25, 0.3) is 0 Å². The van der Waals surface area contributed by atoms with Crippen molar-refractivity contribution in [1.82, 2.24) is 0 Å². The van der Waals surface area contributed by atoms with Crippen molar-refractivity contribution in [3.8, 4) is 0 Å². The van der Waals surface area contributed by atoms with E-state index in [0.29, 0.717) is 30.3 Å². The van der Waals surface area contributed by atoms with E-state index in [-0.39, 0.29) is 0 Å². The molecule has 2 heteroatoms. The van der Waals surface area contributed by atoms with Gasteiger partial charge in [0.15, 0.2) is 5.78 Å². The Morgan fingerprint density at radius 2 is 1.92 bits per heavy atom. The van der Waals surface area contributed by atoms with Gasteiger partial charge in [0.05, 0.1) is 6.10 Å². The molecule has 74 valence electrons. The number of ketones is 1. The molecular weight excluding hydrogens is 164 g/mol. The first-order valence-corrected chi connectivity index (χ1v) is 5.49. The van der Waals surface area contributed by atoms with Crippen LogP contribution in [0.5, 0.6) is 0 Å². The molecule has 0 spiro atoms. The summed E-state index contributed by atoms with van der Waals surface area (Å²) < 4.78 is 5.51. The van der Waals surface area contributed by atoms with Crippen molar-refractivity contribution in [2.75, 3.05) is 6.61 Å². The van der Waals surface area contributed by atoms with E-state index in [1.165, 1.54) is 12.8 Å². The van der Waals surface area contributed by atoms with Crippen molar-refractivity contribution in [3.63, 3.8) is 0 Å². The van der Waals surface area contributed by atoms with Gasteiger partial charge < -0.3 is 4.74 Å². The Labute approximate surface area is 79.7 Å². The number of ether oxygens (including phenoxy) is 1. The molecule has 13 heavy (non-hydrogen) atoms. The van der Waals surface area contributed by atoms with E-state index >= 15 is 0 Å². The third kappa shape index (κ3) is 1.32. The molecule has 4 unspecified atom stereocenters. The van der Waals surface area contributed by atoms with Gasteiger partial charge in [0.1, 0.15) is 6.61 Å². The summed E-state index contributed by atoms with van der Waals surface area (Å²) >= 11 is 0. The maximum Gasteiger partial charge on any atom is 0.161 e. The number of carbonyl (C=O) groups is 1. The number of hydrogen-bond donors (Lipinski definition) is 0. The Morgan fingerprint density at radius 3 is 2.54 bits per heavy atom. The first kappa shape index (κ1) is 9.20. The zero-order valence-electron chi connectivity index (χ0n) is 8.45. The van der Waals surface area contributed by atoms with Gasteiger partial charge >= 0.3 is 0 Å². The molecular formula is C11H18O2. The summed E-state index contributed by atoms with van der Waals surface area (Å²) in [5, 5.41) is 0. The SMILES string of the molecule is CC.O=C1COC2CC3CC2CC13. The summed E-state index contributed by atoms with van der Waals surface area (Å²) in [6, 6.07) is 0. The zero-order valence-corrected chi connectivity index (χ0v) is 8.45. The highest BCUT2D eigenvalue weighted by molar-refractivity contribution is 5.83. The average Bonchev–Trinajstić information content (AvgIpc) is 2.68. The van der Waals surface area contributed by atoms with Crippen LogP contribution in [-0.2, 0) is 9.53 Å². The molecule has 0 aromatic heterocycles. The van der Waals surface area contributed by atoms with Crippen LogP contribution in [-0.4, -0.2) is 18.5 Å². The van der Waals surface area contributed by atoms with Crippen molar-refractivity contribution in [3.05, 3.63) is 0 Å². The van der Waals surface area contributed by atoms with Crippen LogP contribution < -0.4 is 0 Å². The maximum absolute atomic E-state index is 11.4. The number of Topliss-reactive ketones (excluding diaryl/α,β-unsaturated/α-hetero) is 1. The molecule has 2 aliphatic carbocycles. The lowest BCUT2D eigenvalue weighted by molar-refractivity contribution is -0.126. The predicted octanol–water partition coefficient (Wildman–Crippen LogP) is 2.03. The molecule has 4 fully saturated rings. The molecule has 4 atom stereocenters. The lowest BCUT2D eigenvalue weighted by atomic mass is 9.86. The molecule has 4 rings (SSSR count). The van der Waals surface area contributed by atoms with E-state index in [2.05, 4.69) is 0 Å². The fourth-order valence-corrected chi connectivity index (χ4v) is 3.12. The molecule has 2 heterocycles. The molecule has 4 aliphatic rings. The molecule has 0 aromatic rings. The second-order valence-corrected chi connectivity index (χ2v) is 4.15. The quantitative estimate of drug-likeness (QED) is 0.573. The number of fused-ring (bicyclic) bond motifs is 2. The normalized spacial score (nSPS) is 45.8. The van der Waals surface area contributed by atoms with Gasteiger partial charge in [-0.25, -0.2) is 0 Å². The van der Waals surface area contributed by atoms with E-state index in [0.717, 1.165) is 12.3 Å². The average molecular weight is 182 g/mol. The third-order valence-corrected chi connectivity index (χ3v) is 3.65. The topological polar surface area (TPSA) is 26.3 Å². The highest BCUT2D eigenvalue weighted by Crippen LogP contribution is 2.51. The van der Waals surface area contributed by atoms with E-state index < -0.39 is 0 Å². The van der Waals surface area contributed by atoms with E-state index in [4.69, 9.17) is 4.74 Å². The van der Waals surface area contributed by atoms with Gasteiger partial charge in [-0.1, -0.05) is 13.8 Å². The second kappa shape index (κ2) is 3.41. The Hall–Kier alpha value is -0.370. The lowest BCUT2D eigenvalue weighted by Gasteiger charge is -2.19. The number of hydrogen-bond acceptors (Lipinski definition) is 2. The van der Waals surface area contributed by atoms with Crippen LogP contribution in [0.15, 0.2) is 0 Å². The van der Waals surface area contributed by atoms with Crippen molar-refractivity contribution in [1.29, 1.82) is 0 Å². The van der Waals surface area contributed by atoms with Crippen molar-refractivity contribution in [2.24, 2.45) is 17.8 Å². The van der Waals surface area contributed by atoms with Crippen LogP contribution in [0.3, 0.4) is 0 Å². The van der Waals surface area contributed by atoms with Gasteiger partial charge in [-0.2, -0.15) is 0 Å². The Bertz CT molecular complexity index is 212. The molecule has 0 amide bonds. The standard InChI is InChI=1S/C9H12O2.C2H6/c10-8-4-11-9-3-5-1-6(9)2-7(5)8;1-2/h5-7,9H,1-4H2;1-2H3. The lowest BCUT2D eigenvalue weighted by Crippen LogP contribution is -2.21.